The number of hydrogen-bond acceptors (Lipinski definition) is 2. The van der Waals surface area contributed by atoms with Gasteiger partial charge in [0.15, 0.2) is 0 Å². The van der Waals surface area contributed by atoms with E-state index < -0.39 is 0 Å². The third kappa shape index (κ3) is 0.541. The van der Waals surface area contributed by atoms with Crippen molar-refractivity contribution in [2.24, 2.45) is 11.8 Å². The predicted octanol–water partition coefficient (Wildman–Crippen LogP) is 2.43. The van der Waals surface area contributed by atoms with E-state index in [1.165, 1.54) is 12.0 Å². The molecule has 1 aromatic carbocycles. The lowest BCUT2D eigenvalue weighted by molar-refractivity contribution is -0.385. The van der Waals surface area contributed by atoms with E-state index in [2.05, 4.69) is 6.07 Å². The first-order valence-electron chi connectivity index (χ1n) is 5.06. The lowest BCUT2D eigenvalue weighted by atomic mass is 9.78. The molecule has 0 aliphatic heterocycles. The van der Waals surface area contributed by atoms with Crippen LogP contribution >= 0.6 is 0 Å². The summed E-state index contributed by atoms with van der Waals surface area (Å²) in [6.07, 6.45) is 1.28. The number of rotatable bonds is 1. The molecule has 3 nitrogen and oxygen atoms in total. The quantitative estimate of drug-likeness (QED) is 0.500. The fraction of sp³-hybridized carbons (Fsp3) is 0.455. The van der Waals surface area contributed by atoms with Crippen molar-refractivity contribution in [2.75, 3.05) is 0 Å². The van der Waals surface area contributed by atoms with E-state index in [1.54, 1.807) is 6.07 Å². The minimum absolute atomic E-state index is 0.223. The van der Waals surface area contributed by atoms with Crippen molar-refractivity contribution in [3.05, 3.63) is 39.4 Å². The Morgan fingerprint density at radius 3 is 3.07 bits per heavy atom. The Morgan fingerprint density at radius 2 is 2.29 bits per heavy atom. The fourth-order valence-electron chi connectivity index (χ4n) is 3.66. The third-order valence-corrected chi connectivity index (χ3v) is 4.27. The van der Waals surface area contributed by atoms with Gasteiger partial charge in [-0.25, -0.2) is 0 Å². The summed E-state index contributed by atoms with van der Waals surface area (Å²) in [5.74, 6) is 2.80. The van der Waals surface area contributed by atoms with E-state index in [9.17, 15) is 10.1 Å². The lowest BCUT2D eigenvalue weighted by Crippen LogP contribution is -2.14. The Labute approximate surface area is 80.9 Å². The SMILES string of the molecule is O=[N+]([O-])c1cccc2c1C1C3CC2C31. The average Bonchev–Trinajstić information content (AvgIpc) is 2.61. The molecule has 3 heteroatoms. The standard InChI is InChI=1S/C11H9NO2/c13-12(14)8-3-1-2-5-6-4-7-9(6)11(7)10(5)8/h1-3,6-7,9,11H,4H2. The Kier molecular flexibility index (Phi) is 0.923. The highest BCUT2D eigenvalue weighted by molar-refractivity contribution is 5.60. The van der Waals surface area contributed by atoms with E-state index in [0.717, 1.165) is 17.4 Å². The molecule has 2 fully saturated rings. The molecule has 0 saturated heterocycles. The largest absolute Gasteiger partial charge is 0.273 e. The maximum atomic E-state index is 10.9. The molecular formula is C11H9NO2. The zero-order chi connectivity index (χ0) is 9.45. The van der Waals surface area contributed by atoms with Crippen LogP contribution in [0.5, 0.6) is 0 Å². The Bertz CT molecular complexity index is 468. The minimum atomic E-state index is -0.223. The van der Waals surface area contributed by atoms with Crippen molar-refractivity contribution in [1.29, 1.82) is 0 Å². The van der Waals surface area contributed by atoms with Crippen molar-refractivity contribution < 1.29 is 4.92 Å². The van der Waals surface area contributed by atoms with Gasteiger partial charge in [-0.15, -0.1) is 0 Å². The third-order valence-electron chi connectivity index (χ3n) is 4.27. The maximum absolute atomic E-state index is 10.9. The lowest BCUT2D eigenvalue weighted by Gasteiger charge is -2.26. The molecule has 2 saturated carbocycles. The highest BCUT2D eigenvalue weighted by Gasteiger charge is 2.70. The van der Waals surface area contributed by atoms with E-state index in [-0.39, 0.29) is 4.92 Å². The van der Waals surface area contributed by atoms with E-state index in [1.807, 2.05) is 6.07 Å². The molecule has 4 unspecified atom stereocenters. The molecule has 70 valence electrons. The number of benzene rings is 1. The second kappa shape index (κ2) is 1.85. The van der Waals surface area contributed by atoms with Crippen molar-refractivity contribution >= 4 is 5.69 Å². The fourth-order valence-corrected chi connectivity index (χ4v) is 3.66. The number of fused-ring (bicyclic) bond motifs is 4. The van der Waals surface area contributed by atoms with Gasteiger partial charge in [0.2, 0.25) is 0 Å². The normalized spacial score (nSPS) is 39.7. The molecule has 0 amide bonds. The summed E-state index contributed by atoms with van der Waals surface area (Å²) in [5, 5.41) is 10.9. The topological polar surface area (TPSA) is 43.1 Å². The molecule has 14 heavy (non-hydrogen) atoms. The molecule has 0 radical (unpaired) electrons. The molecule has 1 aromatic rings. The van der Waals surface area contributed by atoms with Crippen LogP contribution in [-0.4, -0.2) is 4.92 Å². The van der Waals surface area contributed by atoms with Gasteiger partial charge in [0.05, 0.1) is 4.92 Å². The maximum Gasteiger partial charge on any atom is 0.273 e. The van der Waals surface area contributed by atoms with Crippen LogP contribution < -0.4 is 0 Å². The van der Waals surface area contributed by atoms with Crippen LogP contribution in [0.15, 0.2) is 18.2 Å². The monoisotopic (exact) mass is 187 g/mol. The average molecular weight is 187 g/mol. The van der Waals surface area contributed by atoms with Gasteiger partial charge >= 0.3 is 0 Å². The summed E-state index contributed by atoms with van der Waals surface area (Å²) in [7, 11) is 0. The molecule has 0 heterocycles. The summed E-state index contributed by atoms with van der Waals surface area (Å²) < 4.78 is 0. The number of nitro benzene ring substituents is 1. The van der Waals surface area contributed by atoms with Gasteiger partial charge in [-0.05, 0) is 35.7 Å². The highest BCUT2D eigenvalue weighted by atomic mass is 16.6. The summed E-state index contributed by atoms with van der Waals surface area (Å²) in [6.45, 7) is 0. The van der Waals surface area contributed by atoms with Crippen molar-refractivity contribution in [2.45, 2.75) is 18.3 Å². The first-order chi connectivity index (χ1) is 6.79. The Morgan fingerprint density at radius 1 is 1.43 bits per heavy atom. The van der Waals surface area contributed by atoms with Crippen LogP contribution in [-0.2, 0) is 0 Å². The van der Waals surface area contributed by atoms with Gasteiger partial charge in [0.25, 0.3) is 5.69 Å². The van der Waals surface area contributed by atoms with E-state index in [0.29, 0.717) is 17.5 Å². The molecule has 0 N–H and O–H groups in total. The first kappa shape index (κ1) is 6.98. The summed E-state index contributed by atoms with van der Waals surface area (Å²) in [5.41, 5.74) is 2.71. The molecule has 4 rings (SSSR count). The molecule has 3 aliphatic carbocycles. The first-order valence-corrected chi connectivity index (χ1v) is 5.06. The van der Waals surface area contributed by atoms with Gasteiger partial charge in [0, 0.05) is 11.6 Å². The van der Waals surface area contributed by atoms with Gasteiger partial charge in [-0.1, -0.05) is 12.1 Å². The Balaban J connectivity index is 2.00. The number of hydrogen-bond donors (Lipinski definition) is 0. The van der Waals surface area contributed by atoms with Crippen LogP contribution in [0.1, 0.15) is 29.4 Å². The molecule has 3 aliphatic rings. The van der Waals surface area contributed by atoms with Gasteiger partial charge in [0.1, 0.15) is 0 Å². The van der Waals surface area contributed by atoms with Gasteiger partial charge in [-0.3, -0.25) is 10.1 Å². The van der Waals surface area contributed by atoms with Crippen LogP contribution in [0, 0.1) is 22.0 Å². The highest BCUT2D eigenvalue weighted by Crippen LogP contribution is 2.79. The smallest absolute Gasteiger partial charge is 0.258 e. The molecule has 0 bridgehead atoms. The predicted molar refractivity (Wildman–Crippen MR) is 50.2 cm³/mol. The molecule has 0 spiro atoms. The molecular weight excluding hydrogens is 178 g/mol. The summed E-state index contributed by atoms with van der Waals surface area (Å²) >= 11 is 0. The van der Waals surface area contributed by atoms with Crippen LogP contribution in [0.25, 0.3) is 0 Å². The van der Waals surface area contributed by atoms with Crippen LogP contribution in [0.3, 0.4) is 0 Å². The zero-order valence-corrected chi connectivity index (χ0v) is 7.51. The molecule has 4 atom stereocenters. The van der Waals surface area contributed by atoms with Crippen molar-refractivity contribution in [3.63, 3.8) is 0 Å². The van der Waals surface area contributed by atoms with E-state index in [4.69, 9.17) is 0 Å². The minimum Gasteiger partial charge on any atom is -0.258 e. The number of nitrogens with zero attached hydrogens (tertiary/aromatic N) is 1. The van der Waals surface area contributed by atoms with Crippen molar-refractivity contribution in [1.82, 2.24) is 0 Å². The second-order valence-corrected chi connectivity index (χ2v) is 4.65. The summed E-state index contributed by atoms with van der Waals surface area (Å²) in [6, 6.07) is 5.56. The molecule has 0 aromatic heterocycles. The Hall–Kier alpha value is -1.38. The zero-order valence-electron chi connectivity index (χ0n) is 7.51. The van der Waals surface area contributed by atoms with Gasteiger partial charge in [-0.2, -0.15) is 0 Å². The second-order valence-electron chi connectivity index (χ2n) is 4.65. The number of nitro groups is 1. The van der Waals surface area contributed by atoms with E-state index >= 15 is 0 Å². The van der Waals surface area contributed by atoms with Gasteiger partial charge < -0.3 is 0 Å². The van der Waals surface area contributed by atoms with Crippen LogP contribution in [0.2, 0.25) is 0 Å². The van der Waals surface area contributed by atoms with Crippen molar-refractivity contribution in [3.8, 4) is 0 Å². The summed E-state index contributed by atoms with van der Waals surface area (Å²) in [4.78, 5) is 10.6. The van der Waals surface area contributed by atoms with Crippen LogP contribution in [0.4, 0.5) is 5.69 Å².